The van der Waals surface area contributed by atoms with Gasteiger partial charge >= 0.3 is 6.29 Å². The SMILES string of the molecule is FC1(F)Oc2cccc([C@H]3CCCCN3)c2O1. The maximum Gasteiger partial charge on any atom is 0.586 e. The van der Waals surface area contributed by atoms with E-state index in [9.17, 15) is 8.78 Å². The van der Waals surface area contributed by atoms with Gasteiger partial charge in [-0.15, -0.1) is 8.78 Å². The average Bonchev–Trinajstić information content (AvgIpc) is 2.63. The van der Waals surface area contributed by atoms with Crippen molar-refractivity contribution in [3.8, 4) is 11.5 Å². The van der Waals surface area contributed by atoms with Crippen molar-refractivity contribution in [2.24, 2.45) is 0 Å². The predicted molar refractivity (Wildman–Crippen MR) is 57.2 cm³/mol. The van der Waals surface area contributed by atoms with Crippen molar-refractivity contribution >= 4 is 0 Å². The normalized spacial score (nSPS) is 25.9. The minimum Gasteiger partial charge on any atom is -0.395 e. The van der Waals surface area contributed by atoms with E-state index in [1.807, 2.05) is 6.07 Å². The zero-order valence-corrected chi connectivity index (χ0v) is 9.21. The maximum absolute atomic E-state index is 13.0. The Hall–Kier alpha value is -1.36. The number of nitrogens with one attached hydrogen (secondary N) is 1. The van der Waals surface area contributed by atoms with Crippen LogP contribution in [0.3, 0.4) is 0 Å². The lowest BCUT2D eigenvalue weighted by molar-refractivity contribution is -0.287. The molecule has 1 aromatic rings. The second-order valence-corrected chi connectivity index (χ2v) is 4.34. The molecule has 0 radical (unpaired) electrons. The molecule has 17 heavy (non-hydrogen) atoms. The molecule has 0 unspecified atom stereocenters. The molecule has 0 spiro atoms. The first-order chi connectivity index (χ1) is 8.16. The van der Waals surface area contributed by atoms with Crippen molar-refractivity contribution in [2.45, 2.75) is 31.6 Å². The minimum atomic E-state index is -3.53. The molecule has 3 rings (SSSR count). The van der Waals surface area contributed by atoms with Gasteiger partial charge in [-0.1, -0.05) is 18.6 Å². The molecule has 1 N–H and O–H groups in total. The molecule has 1 aromatic carbocycles. The van der Waals surface area contributed by atoms with E-state index in [0.717, 1.165) is 31.4 Å². The predicted octanol–water partition coefficient (Wildman–Crippen LogP) is 2.82. The zero-order chi connectivity index (χ0) is 11.9. The Morgan fingerprint density at radius 1 is 1.24 bits per heavy atom. The van der Waals surface area contributed by atoms with E-state index in [-0.39, 0.29) is 17.5 Å². The van der Waals surface area contributed by atoms with E-state index in [2.05, 4.69) is 14.8 Å². The number of benzene rings is 1. The fourth-order valence-electron chi connectivity index (χ4n) is 2.38. The van der Waals surface area contributed by atoms with Gasteiger partial charge in [-0.3, -0.25) is 0 Å². The summed E-state index contributed by atoms with van der Waals surface area (Å²) in [5.41, 5.74) is 0.763. The number of rotatable bonds is 1. The molecule has 2 heterocycles. The number of fused-ring (bicyclic) bond motifs is 1. The average molecular weight is 241 g/mol. The van der Waals surface area contributed by atoms with Crippen molar-refractivity contribution in [3.05, 3.63) is 23.8 Å². The smallest absolute Gasteiger partial charge is 0.395 e. The Morgan fingerprint density at radius 3 is 2.88 bits per heavy atom. The number of hydrogen-bond donors (Lipinski definition) is 1. The summed E-state index contributed by atoms with van der Waals surface area (Å²) in [7, 11) is 0. The Balaban J connectivity index is 1.94. The van der Waals surface area contributed by atoms with Gasteiger partial charge in [-0.05, 0) is 25.5 Å². The van der Waals surface area contributed by atoms with Crippen LogP contribution in [0.1, 0.15) is 30.9 Å². The van der Waals surface area contributed by atoms with Gasteiger partial charge in [0, 0.05) is 11.6 Å². The summed E-state index contributed by atoms with van der Waals surface area (Å²) in [5.74, 6) is 0.303. The van der Waals surface area contributed by atoms with E-state index in [1.165, 1.54) is 6.07 Å². The topological polar surface area (TPSA) is 30.5 Å². The molecule has 3 nitrogen and oxygen atoms in total. The van der Waals surface area contributed by atoms with Crippen molar-refractivity contribution in [1.29, 1.82) is 0 Å². The van der Waals surface area contributed by atoms with E-state index in [4.69, 9.17) is 0 Å². The third-order valence-corrected chi connectivity index (χ3v) is 3.14. The number of halogens is 2. The lowest BCUT2D eigenvalue weighted by Gasteiger charge is -2.24. The van der Waals surface area contributed by atoms with Gasteiger partial charge in [0.1, 0.15) is 0 Å². The first kappa shape index (κ1) is 10.8. The Kier molecular flexibility index (Phi) is 2.43. The fourth-order valence-corrected chi connectivity index (χ4v) is 2.38. The van der Waals surface area contributed by atoms with Crippen LogP contribution in [0.4, 0.5) is 8.78 Å². The van der Waals surface area contributed by atoms with Gasteiger partial charge in [-0.2, -0.15) is 0 Å². The summed E-state index contributed by atoms with van der Waals surface area (Å²) in [6.07, 6.45) is -0.379. The molecule has 5 heteroatoms. The van der Waals surface area contributed by atoms with Crippen molar-refractivity contribution in [2.75, 3.05) is 6.54 Å². The summed E-state index contributed by atoms with van der Waals surface area (Å²) < 4.78 is 35.1. The third kappa shape index (κ3) is 1.95. The van der Waals surface area contributed by atoms with Crippen LogP contribution in [0.15, 0.2) is 18.2 Å². The van der Waals surface area contributed by atoms with Gasteiger partial charge < -0.3 is 14.8 Å². The van der Waals surface area contributed by atoms with Crippen LogP contribution in [0, 0.1) is 0 Å². The molecule has 1 saturated heterocycles. The highest BCUT2D eigenvalue weighted by Gasteiger charge is 2.45. The molecule has 0 bridgehead atoms. The van der Waals surface area contributed by atoms with E-state index >= 15 is 0 Å². The summed E-state index contributed by atoms with van der Waals surface area (Å²) in [4.78, 5) is 0. The largest absolute Gasteiger partial charge is 0.586 e. The van der Waals surface area contributed by atoms with Gasteiger partial charge in [0.2, 0.25) is 0 Å². The summed E-state index contributed by atoms with van der Waals surface area (Å²) >= 11 is 0. The molecule has 92 valence electrons. The second kappa shape index (κ2) is 3.84. The van der Waals surface area contributed by atoms with Crippen LogP contribution in [0.2, 0.25) is 0 Å². The molecule has 2 aliphatic rings. The van der Waals surface area contributed by atoms with Crippen LogP contribution in [0.25, 0.3) is 0 Å². The Morgan fingerprint density at radius 2 is 2.12 bits per heavy atom. The van der Waals surface area contributed by atoms with Crippen LogP contribution >= 0.6 is 0 Å². The highest BCUT2D eigenvalue weighted by molar-refractivity contribution is 5.50. The summed E-state index contributed by atoms with van der Waals surface area (Å²) in [6, 6.07) is 5.11. The van der Waals surface area contributed by atoms with Crippen LogP contribution < -0.4 is 14.8 Å². The van der Waals surface area contributed by atoms with E-state index < -0.39 is 6.29 Å². The summed E-state index contributed by atoms with van der Waals surface area (Å²) in [5, 5.41) is 3.31. The highest BCUT2D eigenvalue weighted by Crippen LogP contribution is 2.46. The Bertz CT molecular complexity index is 431. The van der Waals surface area contributed by atoms with Crippen molar-refractivity contribution < 1.29 is 18.3 Å². The van der Waals surface area contributed by atoms with Crippen molar-refractivity contribution in [1.82, 2.24) is 5.32 Å². The first-order valence-corrected chi connectivity index (χ1v) is 5.78. The summed E-state index contributed by atoms with van der Waals surface area (Å²) in [6.45, 7) is 0.908. The molecule has 0 aliphatic carbocycles. The molecular weight excluding hydrogens is 228 g/mol. The van der Waals surface area contributed by atoms with Crippen LogP contribution in [-0.2, 0) is 0 Å². The number of alkyl halides is 2. The first-order valence-electron chi connectivity index (χ1n) is 5.78. The Labute approximate surface area is 97.7 Å². The quantitative estimate of drug-likeness (QED) is 0.820. The third-order valence-electron chi connectivity index (χ3n) is 3.14. The van der Waals surface area contributed by atoms with Gasteiger partial charge in [0.25, 0.3) is 0 Å². The highest BCUT2D eigenvalue weighted by atomic mass is 19.3. The standard InChI is InChI=1S/C12H13F2NO2/c13-12(14)16-10-6-3-4-8(11(10)17-12)9-5-1-2-7-15-9/h3-4,6,9,15H,1-2,5,7H2/t9-/m1/s1. The van der Waals surface area contributed by atoms with Crippen LogP contribution in [-0.4, -0.2) is 12.8 Å². The maximum atomic E-state index is 13.0. The zero-order valence-electron chi connectivity index (χ0n) is 9.21. The number of para-hydroxylation sites is 1. The fraction of sp³-hybridized carbons (Fsp3) is 0.500. The minimum absolute atomic E-state index is 0.0798. The lowest BCUT2D eigenvalue weighted by atomic mass is 9.96. The molecule has 1 fully saturated rings. The molecular formula is C12H13F2NO2. The van der Waals surface area contributed by atoms with Gasteiger partial charge in [0.05, 0.1) is 0 Å². The number of hydrogen-bond acceptors (Lipinski definition) is 3. The lowest BCUT2D eigenvalue weighted by Crippen LogP contribution is -2.28. The number of piperidine rings is 1. The molecule has 1 atom stereocenters. The van der Waals surface area contributed by atoms with Crippen LogP contribution in [0.5, 0.6) is 11.5 Å². The molecule has 2 aliphatic heterocycles. The molecule has 0 aromatic heterocycles. The van der Waals surface area contributed by atoms with Crippen molar-refractivity contribution in [3.63, 3.8) is 0 Å². The monoisotopic (exact) mass is 241 g/mol. The van der Waals surface area contributed by atoms with E-state index in [0.29, 0.717) is 0 Å². The van der Waals surface area contributed by atoms with E-state index in [1.54, 1.807) is 6.07 Å². The van der Waals surface area contributed by atoms with Gasteiger partial charge in [-0.25, -0.2) is 0 Å². The van der Waals surface area contributed by atoms with Gasteiger partial charge in [0.15, 0.2) is 11.5 Å². The number of ether oxygens (including phenoxy) is 2. The molecule has 0 amide bonds. The molecule has 0 saturated carbocycles. The second-order valence-electron chi connectivity index (χ2n) is 4.34.